The van der Waals surface area contributed by atoms with Crippen LogP contribution in [0.4, 0.5) is 5.69 Å². The maximum absolute atomic E-state index is 12.3. The van der Waals surface area contributed by atoms with Gasteiger partial charge in [-0.25, -0.2) is 13.1 Å². The van der Waals surface area contributed by atoms with Crippen LogP contribution in [-0.4, -0.2) is 40.6 Å². The number of hydrogen-bond acceptors (Lipinski definition) is 6. The number of nitro groups is 1. The van der Waals surface area contributed by atoms with E-state index in [4.69, 9.17) is 5.11 Å². The van der Waals surface area contributed by atoms with Crippen molar-refractivity contribution in [2.45, 2.75) is 30.3 Å². The number of aliphatic hydroxyl groups excluding tert-OH is 1. The van der Waals surface area contributed by atoms with Gasteiger partial charge in [-0.2, -0.15) is 0 Å². The Morgan fingerprint density at radius 2 is 1.89 bits per heavy atom. The number of aliphatic hydroxyl groups is 1. The maximum atomic E-state index is 12.3. The smallest absolute Gasteiger partial charge is 0.303 e. The normalized spacial score (nSPS) is 12.6. The molecule has 152 valence electrons. The number of carboxylic acid groups (broad SMARTS) is 1. The molecular weight excluding hydrogens is 390 g/mol. The number of hydrogen-bond donors (Lipinski definition) is 3. The van der Waals surface area contributed by atoms with Gasteiger partial charge in [-0.3, -0.25) is 14.9 Å². The summed E-state index contributed by atoms with van der Waals surface area (Å²) in [7, 11) is -2.10. The summed E-state index contributed by atoms with van der Waals surface area (Å²) >= 11 is 0. The van der Waals surface area contributed by atoms with Crippen molar-refractivity contribution in [3.05, 3.63) is 57.9 Å². The number of nitrogens with zero attached hydrogens (tertiary/aromatic N) is 2. The Hall–Kier alpha value is -2.76. The molecule has 0 amide bonds. The molecule has 11 heteroatoms. The summed E-state index contributed by atoms with van der Waals surface area (Å²) in [6.07, 6.45) is -0.656. The second-order valence-electron chi connectivity index (χ2n) is 6.16. The standard InChI is InChI=1S/C17H21N3O7S/c1-19-12(4-7-15(19)16(21)8-9-17(22)23)10-11-18-28(26,27)14-5-2-13(3-6-14)20(24)25/h2-7,16,18,21H,8-11H2,1H3,(H,22,23). The van der Waals surface area contributed by atoms with Gasteiger partial charge in [-0.05, 0) is 30.7 Å². The Kier molecular flexibility index (Phi) is 6.89. The molecule has 0 spiro atoms. The molecule has 2 rings (SSSR count). The average molecular weight is 411 g/mol. The number of nitro benzene ring substituents is 1. The topological polar surface area (TPSA) is 152 Å². The second kappa shape index (κ2) is 8.95. The molecule has 0 fully saturated rings. The van der Waals surface area contributed by atoms with Gasteiger partial charge >= 0.3 is 5.97 Å². The number of rotatable bonds is 10. The van der Waals surface area contributed by atoms with Crippen molar-refractivity contribution in [3.63, 3.8) is 0 Å². The molecule has 28 heavy (non-hydrogen) atoms. The summed E-state index contributed by atoms with van der Waals surface area (Å²) in [5.74, 6) is -0.992. The number of carbonyl (C=O) groups is 1. The van der Waals surface area contributed by atoms with Gasteiger partial charge in [-0.15, -0.1) is 0 Å². The highest BCUT2D eigenvalue weighted by molar-refractivity contribution is 7.89. The molecule has 1 atom stereocenters. The highest BCUT2D eigenvalue weighted by Gasteiger charge is 2.17. The largest absolute Gasteiger partial charge is 0.481 e. The fourth-order valence-corrected chi connectivity index (χ4v) is 3.74. The van der Waals surface area contributed by atoms with E-state index in [1.165, 1.54) is 12.1 Å². The molecule has 0 aliphatic heterocycles. The molecule has 0 aliphatic rings. The van der Waals surface area contributed by atoms with Crippen LogP contribution in [-0.2, 0) is 28.3 Å². The summed E-state index contributed by atoms with van der Waals surface area (Å²) in [6, 6.07) is 7.99. The van der Waals surface area contributed by atoms with Crippen LogP contribution in [0.2, 0.25) is 0 Å². The van der Waals surface area contributed by atoms with Gasteiger partial charge in [-0.1, -0.05) is 0 Å². The highest BCUT2D eigenvalue weighted by atomic mass is 32.2. The number of benzene rings is 1. The van der Waals surface area contributed by atoms with Gasteiger partial charge in [0, 0.05) is 50.0 Å². The Morgan fingerprint density at radius 3 is 2.46 bits per heavy atom. The van der Waals surface area contributed by atoms with Crippen LogP contribution in [0, 0.1) is 10.1 Å². The van der Waals surface area contributed by atoms with E-state index in [0.717, 1.165) is 17.8 Å². The van der Waals surface area contributed by atoms with Crippen LogP contribution in [0.1, 0.15) is 30.3 Å². The number of nitrogens with one attached hydrogen (secondary N) is 1. The Morgan fingerprint density at radius 1 is 1.25 bits per heavy atom. The minimum Gasteiger partial charge on any atom is -0.481 e. The fourth-order valence-electron chi connectivity index (χ4n) is 2.71. The SMILES string of the molecule is Cn1c(CCNS(=O)(=O)c2ccc([N+](=O)[O-])cc2)ccc1C(O)CCC(=O)O. The molecule has 1 aromatic heterocycles. The lowest BCUT2D eigenvalue weighted by Crippen LogP contribution is -2.26. The third-order valence-electron chi connectivity index (χ3n) is 4.27. The van der Waals surface area contributed by atoms with Crippen LogP contribution in [0.25, 0.3) is 0 Å². The number of aromatic nitrogens is 1. The van der Waals surface area contributed by atoms with Gasteiger partial charge < -0.3 is 14.8 Å². The molecule has 10 nitrogen and oxygen atoms in total. The Bertz CT molecular complexity index is 952. The molecular formula is C17H21N3O7S. The van der Waals surface area contributed by atoms with Crippen LogP contribution < -0.4 is 4.72 Å². The monoisotopic (exact) mass is 411 g/mol. The van der Waals surface area contributed by atoms with Crippen LogP contribution in [0.3, 0.4) is 0 Å². The zero-order valence-corrected chi connectivity index (χ0v) is 15.9. The summed E-state index contributed by atoms with van der Waals surface area (Å²) in [5, 5.41) is 29.4. The molecule has 1 aromatic carbocycles. The van der Waals surface area contributed by atoms with Crippen molar-refractivity contribution in [2.24, 2.45) is 7.05 Å². The summed E-state index contributed by atoms with van der Waals surface area (Å²) in [5.41, 5.74) is 1.11. The van der Waals surface area contributed by atoms with E-state index in [-0.39, 0.29) is 30.0 Å². The minimum atomic E-state index is -3.81. The fraction of sp³-hybridized carbons (Fsp3) is 0.353. The number of sulfonamides is 1. The van der Waals surface area contributed by atoms with E-state index >= 15 is 0 Å². The zero-order chi connectivity index (χ0) is 20.9. The Balaban J connectivity index is 1.97. The summed E-state index contributed by atoms with van der Waals surface area (Å²) in [6.45, 7) is 0.0852. The molecule has 1 heterocycles. The predicted molar refractivity (Wildman–Crippen MR) is 99.2 cm³/mol. The first-order valence-electron chi connectivity index (χ1n) is 8.40. The first-order chi connectivity index (χ1) is 13.1. The van der Waals surface area contributed by atoms with Crippen molar-refractivity contribution in [2.75, 3.05) is 6.54 Å². The molecule has 0 saturated heterocycles. The number of aliphatic carboxylic acids is 1. The quantitative estimate of drug-likeness (QED) is 0.394. The molecule has 0 aliphatic carbocycles. The van der Waals surface area contributed by atoms with Crippen molar-refractivity contribution in [3.8, 4) is 0 Å². The third-order valence-corrected chi connectivity index (χ3v) is 5.75. The minimum absolute atomic E-state index is 0.0743. The molecule has 0 radical (unpaired) electrons. The zero-order valence-electron chi connectivity index (χ0n) is 15.1. The van der Waals surface area contributed by atoms with Crippen molar-refractivity contribution in [1.29, 1.82) is 0 Å². The van der Waals surface area contributed by atoms with E-state index in [2.05, 4.69) is 4.72 Å². The molecule has 0 saturated carbocycles. The Labute approximate surface area is 161 Å². The van der Waals surface area contributed by atoms with Crippen LogP contribution in [0.15, 0.2) is 41.3 Å². The summed E-state index contributed by atoms with van der Waals surface area (Å²) < 4.78 is 28.7. The van der Waals surface area contributed by atoms with Crippen molar-refractivity contribution >= 4 is 21.7 Å². The van der Waals surface area contributed by atoms with Gasteiger partial charge in [0.25, 0.3) is 5.69 Å². The predicted octanol–water partition coefficient (Wildman–Crippen LogP) is 1.35. The third kappa shape index (κ3) is 5.38. The lowest BCUT2D eigenvalue weighted by molar-refractivity contribution is -0.384. The van der Waals surface area contributed by atoms with Gasteiger partial charge in [0.2, 0.25) is 10.0 Å². The second-order valence-corrected chi connectivity index (χ2v) is 7.92. The molecule has 2 aromatic rings. The molecule has 3 N–H and O–H groups in total. The van der Waals surface area contributed by atoms with E-state index in [0.29, 0.717) is 12.1 Å². The van der Waals surface area contributed by atoms with E-state index < -0.39 is 27.0 Å². The van der Waals surface area contributed by atoms with Crippen molar-refractivity contribution in [1.82, 2.24) is 9.29 Å². The lowest BCUT2D eigenvalue weighted by Gasteiger charge is -2.13. The van der Waals surface area contributed by atoms with E-state index in [9.17, 15) is 28.4 Å². The van der Waals surface area contributed by atoms with Gasteiger partial charge in [0.05, 0.1) is 15.9 Å². The molecule has 1 unspecified atom stereocenters. The summed E-state index contributed by atoms with van der Waals surface area (Å²) in [4.78, 5) is 20.6. The number of non-ortho nitro benzene ring substituents is 1. The first kappa shape index (κ1) is 21.5. The van der Waals surface area contributed by atoms with Crippen molar-refractivity contribution < 1.29 is 28.3 Å². The van der Waals surface area contributed by atoms with Gasteiger partial charge in [0.1, 0.15) is 0 Å². The van der Waals surface area contributed by atoms with Gasteiger partial charge in [0.15, 0.2) is 0 Å². The lowest BCUT2D eigenvalue weighted by atomic mass is 10.1. The highest BCUT2D eigenvalue weighted by Crippen LogP contribution is 2.21. The first-order valence-corrected chi connectivity index (χ1v) is 9.88. The molecule has 0 bridgehead atoms. The van der Waals surface area contributed by atoms with Crippen LogP contribution >= 0.6 is 0 Å². The average Bonchev–Trinajstić information content (AvgIpc) is 3.00. The van der Waals surface area contributed by atoms with E-state index in [1.807, 2.05) is 0 Å². The van der Waals surface area contributed by atoms with Crippen LogP contribution in [0.5, 0.6) is 0 Å². The maximum Gasteiger partial charge on any atom is 0.303 e. The van der Waals surface area contributed by atoms with E-state index in [1.54, 1.807) is 23.7 Å². The number of carboxylic acids is 1.